The van der Waals surface area contributed by atoms with Crippen molar-refractivity contribution < 1.29 is 0 Å². The highest BCUT2D eigenvalue weighted by molar-refractivity contribution is 4.73. The van der Waals surface area contributed by atoms with Crippen LogP contribution in [0.3, 0.4) is 0 Å². The molecule has 0 aliphatic carbocycles. The summed E-state index contributed by atoms with van der Waals surface area (Å²) in [7, 11) is 0. The summed E-state index contributed by atoms with van der Waals surface area (Å²) in [5.41, 5.74) is 0.515. The fourth-order valence-corrected chi connectivity index (χ4v) is 1.95. The molecule has 0 N–H and O–H groups in total. The average molecular weight is 224 g/mol. The smallest absolute Gasteiger partial charge is 0.0331 e. The Balaban J connectivity index is 3.61. The Morgan fingerprint density at radius 2 is 1.62 bits per heavy atom. The monoisotopic (exact) mass is 224 g/mol. The first-order chi connectivity index (χ1) is 7.40. The van der Waals surface area contributed by atoms with Crippen LogP contribution in [0.15, 0.2) is 12.7 Å². The molecule has 0 saturated carbocycles. The van der Waals surface area contributed by atoms with Gasteiger partial charge >= 0.3 is 0 Å². The molecule has 0 fully saturated rings. The summed E-state index contributed by atoms with van der Waals surface area (Å²) in [6, 6.07) is 0. The number of hydrogen-bond donors (Lipinski definition) is 0. The van der Waals surface area contributed by atoms with Gasteiger partial charge in [0.2, 0.25) is 0 Å². The highest BCUT2D eigenvalue weighted by atomic mass is 14.3. The van der Waals surface area contributed by atoms with E-state index in [1.165, 1.54) is 38.5 Å². The second-order valence-corrected chi connectivity index (χ2v) is 6.36. The Kier molecular flexibility index (Phi) is 7.80. The Bertz CT molecular complexity index is 176. The van der Waals surface area contributed by atoms with Gasteiger partial charge in [0, 0.05) is 0 Å². The first kappa shape index (κ1) is 15.7. The number of allylic oxidation sites excluding steroid dienone is 1. The van der Waals surface area contributed by atoms with Gasteiger partial charge in [-0.1, -0.05) is 60.0 Å². The van der Waals surface area contributed by atoms with Crippen LogP contribution in [0.25, 0.3) is 0 Å². The Morgan fingerprint density at radius 1 is 1.06 bits per heavy atom. The zero-order chi connectivity index (χ0) is 12.6. The van der Waals surface area contributed by atoms with E-state index in [-0.39, 0.29) is 0 Å². The van der Waals surface area contributed by atoms with Crippen LogP contribution >= 0.6 is 0 Å². The zero-order valence-corrected chi connectivity index (χ0v) is 12.2. The second-order valence-electron chi connectivity index (χ2n) is 6.36. The molecule has 0 amide bonds. The van der Waals surface area contributed by atoms with Crippen molar-refractivity contribution >= 4 is 0 Å². The number of rotatable bonds is 9. The molecule has 0 spiro atoms. The van der Waals surface area contributed by atoms with Gasteiger partial charge in [-0.2, -0.15) is 0 Å². The van der Waals surface area contributed by atoms with Gasteiger partial charge in [-0.05, 0) is 36.5 Å². The standard InChI is InChI=1S/C16H32/c1-7-8-9-11-15(4)12-10-13-16(5,6)14(2)3/h7,14-15H,1,8-13H2,2-6H3. The van der Waals surface area contributed by atoms with Crippen molar-refractivity contribution in [1.29, 1.82) is 0 Å². The third-order valence-electron chi connectivity index (χ3n) is 4.19. The normalized spacial score (nSPS) is 14.1. The van der Waals surface area contributed by atoms with Crippen molar-refractivity contribution in [3.63, 3.8) is 0 Å². The first-order valence-electron chi connectivity index (χ1n) is 7.01. The molecule has 0 aromatic heterocycles. The quantitative estimate of drug-likeness (QED) is 0.341. The van der Waals surface area contributed by atoms with E-state index in [0.29, 0.717) is 5.41 Å². The fraction of sp³-hybridized carbons (Fsp3) is 0.875. The van der Waals surface area contributed by atoms with Crippen LogP contribution in [-0.4, -0.2) is 0 Å². The molecule has 0 heteroatoms. The molecule has 0 aliphatic heterocycles. The van der Waals surface area contributed by atoms with Crippen LogP contribution in [0.2, 0.25) is 0 Å². The van der Waals surface area contributed by atoms with Gasteiger partial charge in [0.25, 0.3) is 0 Å². The van der Waals surface area contributed by atoms with E-state index in [1.807, 2.05) is 6.08 Å². The van der Waals surface area contributed by atoms with Crippen LogP contribution in [0, 0.1) is 17.3 Å². The molecule has 0 aliphatic rings. The molecule has 0 radical (unpaired) electrons. The van der Waals surface area contributed by atoms with Gasteiger partial charge in [0.15, 0.2) is 0 Å². The summed E-state index contributed by atoms with van der Waals surface area (Å²) in [6.07, 6.45) is 10.1. The van der Waals surface area contributed by atoms with Crippen LogP contribution in [0.4, 0.5) is 0 Å². The summed E-state index contributed by atoms with van der Waals surface area (Å²) < 4.78 is 0. The molecule has 0 rings (SSSR count). The predicted molar refractivity (Wildman–Crippen MR) is 75.7 cm³/mol. The van der Waals surface area contributed by atoms with E-state index in [1.54, 1.807) is 0 Å². The summed E-state index contributed by atoms with van der Waals surface area (Å²) in [4.78, 5) is 0. The lowest BCUT2D eigenvalue weighted by Crippen LogP contribution is -2.19. The van der Waals surface area contributed by atoms with E-state index in [2.05, 4.69) is 41.2 Å². The van der Waals surface area contributed by atoms with E-state index < -0.39 is 0 Å². The lowest BCUT2D eigenvalue weighted by Gasteiger charge is -2.29. The molecule has 0 aromatic carbocycles. The third kappa shape index (κ3) is 7.09. The Labute approximate surface area is 104 Å². The summed E-state index contributed by atoms with van der Waals surface area (Å²) >= 11 is 0. The second kappa shape index (κ2) is 7.92. The highest BCUT2D eigenvalue weighted by Gasteiger charge is 2.21. The molecule has 96 valence electrons. The average Bonchev–Trinajstić information content (AvgIpc) is 2.17. The summed E-state index contributed by atoms with van der Waals surface area (Å²) in [5.74, 6) is 1.69. The number of hydrogen-bond acceptors (Lipinski definition) is 0. The van der Waals surface area contributed by atoms with Gasteiger partial charge in [0.05, 0.1) is 0 Å². The molecule has 0 heterocycles. The van der Waals surface area contributed by atoms with Gasteiger partial charge in [-0.25, -0.2) is 0 Å². The summed E-state index contributed by atoms with van der Waals surface area (Å²) in [6.45, 7) is 15.7. The van der Waals surface area contributed by atoms with Gasteiger partial charge < -0.3 is 0 Å². The van der Waals surface area contributed by atoms with Crippen LogP contribution in [0.1, 0.15) is 73.1 Å². The SMILES string of the molecule is C=CCCCC(C)CCCC(C)(C)C(C)C. The van der Waals surface area contributed by atoms with Crippen LogP contribution in [0.5, 0.6) is 0 Å². The first-order valence-corrected chi connectivity index (χ1v) is 7.01. The molecule has 16 heavy (non-hydrogen) atoms. The van der Waals surface area contributed by atoms with Gasteiger partial charge in [-0.3, -0.25) is 0 Å². The molecule has 1 unspecified atom stereocenters. The van der Waals surface area contributed by atoms with Gasteiger partial charge in [0.1, 0.15) is 0 Å². The predicted octanol–water partition coefficient (Wildman–Crippen LogP) is 5.83. The lowest BCUT2D eigenvalue weighted by molar-refractivity contribution is 0.216. The van der Waals surface area contributed by atoms with E-state index >= 15 is 0 Å². The van der Waals surface area contributed by atoms with Crippen molar-refractivity contribution in [2.45, 2.75) is 73.1 Å². The molecular formula is C16H32. The van der Waals surface area contributed by atoms with Crippen molar-refractivity contribution in [1.82, 2.24) is 0 Å². The summed E-state index contributed by atoms with van der Waals surface area (Å²) in [5, 5.41) is 0. The minimum atomic E-state index is 0.515. The number of unbranched alkanes of at least 4 members (excludes halogenated alkanes) is 1. The molecule has 0 saturated heterocycles. The molecular weight excluding hydrogens is 192 g/mol. The maximum Gasteiger partial charge on any atom is -0.0331 e. The van der Waals surface area contributed by atoms with Crippen LogP contribution in [-0.2, 0) is 0 Å². The highest BCUT2D eigenvalue weighted by Crippen LogP contribution is 2.32. The third-order valence-corrected chi connectivity index (χ3v) is 4.19. The van der Waals surface area contributed by atoms with Crippen molar-refractivity contribution in [3.8, 4) is 0 Å². The van der Waals surface area contributed by atoms with Crippen molar-refractivity contribution in [2.75, 3.05) is 0 Å². The molecule has 0 nitrogen and oxygen atoms in total. The maximum absolute atomic E-state index is 3.77. The van der Waals surface area contributed by atoms with E-state index in [0.717, 1.165) is 11.8 Å². The van der Waals surface area contributed by atoms with Crippen LogP contribution < -0.4 is 0 Å². The van der Waals surface area contributed by atoms with E-state index in [9.17, 15) is 0 Å². The largest absolute Gasteiger partial charge is 0.103 e. The minimum absolute atomic E-state index is 0.515. The van der Waals surface area contributed by atoms with Gasteiger partial charge in [-0.15, -0.1) is 6.58 Å². The fourth-order valence-electron chi connectivity index (χ4n) is 1.95. The maximum atomic E-state index is 3.77. The van der Waals surface area contributed by atoms with Crippen molar-refractivity contribution in [2.24, 2.45) is 17.3 Å². The topological polar surface area (TPSA) is 0 Å². The Hall–Kier alpha value is -0.260. The molecule has 0 bridgehead atoms. The van der Waals surface area contributed by atoms with E-state index in [4.69, 9.17) is 0 Å². The Morgan fingerprint density at radius 3 is 2.12 bits per heavy atom. The molecule has 1 atom stereocenters. The minimum Gasteiger partial charge on any atom is -0.103 e. The van der Waals surface area contributed by atoms with Crippen molar-refractivity contribution in [3.05, 3.63) is 12.7 Å². The lowest BCUT2D eigenvalue weighted by atomic mass is 9.76. The molecule has 0 aromatic rings. The zero-order valence-electron chi connectivity index (χ0n) is 12.2.